The van der Waals surface area contributed by atoms with E-state index in [1.165, 1.54) is 4.52 Å². The van der Waals surface area contributed by atoms with E-state index in [2.05, 4.69) is 0 Å². The minimum atomic E-state index is -0.263. The van der Waals surface area contributed by atoms with Crippen LogP contribution in [0.2, 0.25) is 0 Å². The van der Waals surface area contributed by atoms with Crippen LogP contribution in [-0.4, -0.2) is 16.1 Å². The van der Waals surface area contributed by atoms with Crippen LogP contribution < -0.4 is 15.9 Å². The van der Waals surface area contributed by atoms with Crippen molar-refractivity contribution in [1.82, 2.24) is 9.03 Å². The number of methoxy groups -OCH3 is 1. The van der Waals surface area contributed by atoms with Gasteiger partial charge in [-0.2, -0.15) is 4.52 Å². The second-order valence-electron chi connectivity index (χ2n) is 5.56. The van der Waals surface area contributed by atoms with Crippen molar-refractivity contribution in [2.24, 2.45) is 0 Å². The maximum absolute atomic E-state index is 12.3. The smallest absolute Gasteiger partial charge is 0.278 e. The zero-order valence-corrected chi connectivity index (χ0v) is 13.6. The van der Waals surface area contributed by atoms with E-state index in [1.54, 1.807) is 25.5 Å². The third-order valence-corrected chi connectivity index (χ3v) is 4.25. The molecule has 23 heavy (non-hydrogen) atoms. The number of nitrogens with zero attached hydrogens (tertiary/aromatic N) is 2. The average Bonchev–Trinajstić information content (AvgIpc) is 2.94. The van der Waals surface area contributed by atoms with Crippen LogP contribution in [0.3, 0.4) is 0 Å². The number of benzene rings is 1. The zero-order chi connectivity index (χ0) is 16.7. The number of ether oxygens (including phenoxy) is 1. The Balaban J connectivity index is 2.14. The van der Waals surface area contributed by atoms with Crippen molar-refractivity contribution in [2.75, 3.05) is 7.11 Å². The maximum Gasteiger partial charge on any atom is 0.278 e. The molecular formula is C18H18N2O3. The molecule has 1 aromatic carbocycles. The van der Waals surface area contributed by atoms with Crippen LogP contribution in [0.5, 0.6) is 5.75 Å². The van der Waals surface area contributed by atoms with Gasteiger partial charge < -0.3 is 4.74 Å². The Morgan fingerprint density at radius 2 is 1.48 bits per heavy atom. The second-order valence-corrected chi connectivity index (χ2v) is 5.56. The summed E-state index contributed by atoms with van der Waals surface area (Å²) in [6, 6.07) is 7.62. The molecule has 2 aromatic heterocycles. The second kappa shape index (κ2) is 5.43. The van der Waals surface area contributed by atoms with Gasteiger partial charge in [-0.05, 0) is 44.5 Å². The van der Waals surface area contributed by atoms with Gasteiger partial charge in [-0.3, -0.25) is 9.59 Å². The first-order chi connectivity index (χ1) is 11.0. The lowest BCUT2D eigenvalue weighted by atomic mass is 10.1. The quantitative estimate of drug-likeness (QED) is 0.746. The summed E-state index contributed by atoms with van der Waals surface area (Å²) in [5, 5.41) is 0. The molecule has 5 nitrogen and oxygen atoms in total. The maximum atomic E-state index is 12.3. The van der Waals surface area contributed by atoms with E-state index in [0.717, 1.165) is 22.7 Å². The number of aromatic nitrogens is 2. The Kier molecular flexibility index (Phi) is 3.56. The van der Waals surface area contributed by atoms with Crippen LogP contribution in [0.15, 0.2) is 33.9 Å². The van der Waals surface area contributed by atoms with Gasteiger partial charge in [0, 0.05) is 16.8 Å². The highest BCUT2D eigenvalue weighted by molar-refractivity contribution is 5.70. The summed E-state index contributed by atoms with van der Waals surface area (Å²) in [6.07, 6.45) is 3.78. The largest absolute Gasteiger partial charge is 0.497 e. The van der Waals surface area contributed by atoms with E-state index < -0.39 is 0 Å². The molecule has 118 valence electrons. The fraction of sp³-hybridized carbons (Fsp3) is 0.222. The van der Waals surface area contributed by atoms with Crippen molar-refractivity contribution < 1.29 is 4.74 Å². The van der Waals surface area contributed by atoms with E-state index in [9.17, 15) is 9.59 Å². The summed E-state index contributed by atoms with van der Waals surface area (Å²) in [5.41, 5.74) is 3.15. The standard InChI is InChI=1S/C18H18N2O3/c1-11-13(3)19-16(12(2)18(22)20(19)17(11)21)10-7-14-5-8-15(23-4)9-6-14/h5-10H,1-4H3/b10-7+. The molecule has 3 aromatic rings. The van der Waals surface area contributed by atoms with Crippen molar-refractivity contribution in [3.8, 4) is 5.75 Å². The molecule has 0 bridgehead atoms. The number of hydrogen-bond donors (Lipinski definition) is 0. The van der Waals surface area contributed by atoms with Gasteiger partial charge in [-0.15, -0.1) is 0 Å². The highest BCUT2D eigenvalue weighted by Crippen LogP contribution is 2.16. The molecule has 0 spiro atoms. The molecular weight excluding hydrogens is 292 g/mol. The highest BCUT2D eigenvalue weighted by Gasteiger charge is 2.18. The monoisotopic (exact) mass is 310 g/mol. The number of rotatable bonds is 3. The summed E-state index contributed by atoms with van der Waals surface area (Å²) in [7, 11) is 1.62. The minimum Gasteiger partial charge on any atom is -0.497 e. The van der Waals surface area contributed by atoms with Crippen molar-refractivity contribution in [2.45, 2.75) is 20.8 Å². The molecule has 0 amide bonds. The summed E-state index contributed by atoms with van der Waals surface area (Å²) >= 11 is 0. The third kappa shape index (κ3) is 2.25. The first-order valence-electron chi connectivity index (χ1n) is 7.35. The first-order valence-corrected chi connectivity index (χ1v) is 7.35. The third-order valence-electron chi connectivity index (χ3n) is 4.25. The van der Waals surface area contributed by atoms with Crippen LogP contribution in [0, 0.1) is 20.8 Å². The Morgan fingerprint density at radius 1 is 0.870 bits per heavy atom. The van der Waals surface area contributed by atoms with Crippen molar-refractivity contribution in [1.29, 1.82) is 0 Å². The average molecular weight is 310 g/mol. The van der Waals surface area contributed by atoms with E-state index in [1.807, 2.05) is 43.3 Å². The van der Waals surface area contributed by atoms with Crippen molar-refractivity contribution in [3.05, 3.63) is 73.1 Å². The Morgan fingerprint density at radius 3 is 2.09 bits per heavy atom. The molecule has 0 radical (unpaired) electrons. The number of fused-ring (bicyclic) bond motifs is 1. The zero-order valence-electron chi connectivity index (χ0n) is 13.6. The molecule has 0 fully saturated rings. The van der Waals surface area contributed by atoms with Crippen LogP contribution in [0.4, 0.5) is 0 Å². The molecule has 0 unspecified atom stereocenters. The minimum absolute atomic E-state index is 0.250. The van der Waals surface area contributed by atoms with Crippen LogP contribution >= 0.6 is 0 Å². The summed E-state index contributed by atoms with van der Waals surface area (Å²) in [4.78, 5) is 24.5. The van der Waals surface area contributed by atoms with E-state index in [-0.39, 0.29) is 11.1 Å². The fourth-order valence-corrected chi connectivity index (χ4v) is 2.70. The summed E-state index contributed by atoms with van der Waals surface area (Å²) < 4.78 is 8.03. The molecule has 0 atom stereocenters. The van der Waals surface area contributed by atoms with Gasteiger partial charge in [0.25, 0.3) is 11.1 Å². The fourth-order valence-electron chi connectivity index (χ4n) is 2.70. The predicted octanol–water partition coefficient (Wildman–Crippen LogP) is 2.30. The van der Waals surface area contributed by atoms with E-state index >= 15 is 0 Å². The van der Waals surface area contributed by atoms with Crippen molar-refractivity contribution >= 4 is 12.2 Å². The molecule has 0 N–H and O–H groups in total. The van der Waals surface area contributed by atoms with Gasteiger partial charge in [0.05, 0.1) is 12.8 Å². The van der Waals surface area contributed by atoms with Crippen LogP contribution in [0.1, 0.15) is 28.1 Å². The Hall–Kier alpha value is -2.82. The lowest BCUT2D eigenvalue weighted by Gasteiger charge is -2.00. The molecule has 5 heteroatoms. The molecule has 3 rings (SSSR count). The van der Waals surface area contributed by atoms with Crippen LogP contribution in [-0.2, 0) is 0 Å². The van der Waals surface area contributed by atoms with E-state index in [4.69, 9.17) is 4.74 Å². The van der Waals surface area contributed by atoms with Gasteiger partial charge >= 0.3 is 0 Å². The lowest BCUT2D eigenvalue weighted by Crippen LogP contribution is -2.23. The molecule has 0 aliphatic carbocycles. The molecule has 2 heterocycles. The van der Waals surface area contributed by atoms with Gasteiger partial charge in [0.15, 0.2) is 0 Å². The highest BCUT2D eigenvalue weighted by atomic mass is 16.5. The van der Waals surface area contributed by atoms with Crippen molar-refractivity contribution in [3.63, 3.8) is 0 Å². The lowest BCUT2D eigenvalue weighted by molar-refractivity contribution is 0.415. The molecule has 0 aliphatic heterocycles. The Bertz CT molecular complexity index is 1010. The Labute approximate surface area is 133 Å². The van der Waals surface area contributed by atoms with Crippen LogP contribution in [0.25, 0.3) is 12.2 Å². The SMILES string of the molecule is COc1ccc(/C=C/c2c(C)c(=O)n3c(=O)c(C)c(C)n23)cc1. The van der Waals surface area contributed by atoms with Gasteiger partial charge in [-0.1, -0.05) is 18.2 Å². The van der Waals surface area contributed by atoms with Gasteiger partial charge in [0.2, 0.25) is 0 Å². The first kappa shape index (κ1) is 15.1. The molecule has 0 saturated heterocycles. The summed E-state index contributed by atoms with van der Waals surface area (Å²) in [5.74, 6) is 0.791. The number of hydrogen-bond acceptors (Lipinski definition) is 3. The van der Waals surface area contributed by atoms with E-state index in [0.29, 0.717) is 11.1 Å². The number of aryl methyl sites for hydroxylation is 1. The predicted molar refractivity (Wildman–Crippen MR) is 90.7 cm³/mol. The van der Waals surface area contributed by atoms with Gasteiger partial charge in [-0.25, -0.2) is 4.52 Å². The van der Waals surface area contributed by atoms with Gasteiger partial charge in [0.1, 0.15) is 5.75 Å². The molecule has 0 aliphatic rings. The molecule has 0 saturated carbocycles. The summed E-state index contributed by atoms with van der Waals surface area (Å²) in [6.45, 7) is 5.33. The normalized spacial score (nSPS) is 11.7. The topological polar surface area (TPSA) is 52.2 Å².